The van der Waals surface area contributed by atoms with Gasteiger partial charge in [-0.1, -0.05) is 23.8 Å². The van der Waals surface area contributed by atoms with Crippen molar-refractivity contribution < 1.29 is 23.8 Å². The number of amides is 2. The Morgan fingerprint density at radius 2 is 1.79 bits per heavy atom. The Bertz CT molecular complexity index is 828. The predicted octanol–water partition coefficient (Wildman–Crippen LogP) is 2.17. The van der Waals surface area contributed by atoms with E-state index in [2.05, 4.69) is 5.32 Å². The van der Waals surface area contributed by atoms with E-state index in [9.17, 15) is 9.59 Å². The standard InChI is InChI=1S/C21H24N2O5/c1-14-7-9-15(10-8-14)23-12-16(28-13-19(23)24)11-22-21(25)20-17(26-2)5-4-6-18(20)27-3/h4-10,16H,11-13H2,1-3H3,(H,22,25). The maximum Gasteiger partial charge on any atom is 0.258 e. The number of morpholine rings is 1. The van der Waals surface area contributed by atoms with E-state index in [0.29, 0.717) is 23.6 Å². The minimum Gasteiger partial charge on any atom is -0.496 e. The Morgan fingerprint density at radius 3 is 2.39 bits per heavy atom. The van der Waals surface area contributed by atoms with Gasteiger partial charge in [0, 0.05) is 12.2 Å². The van der Waals surface area contributed by atoms with Crippen LogP contribution in [-0.4, -0.2) is 51.8 Å². The van der Waals surface area contributed by atoms with Gasteiger partial charge >= 0.3 is 0 Å². The summed E-state index contributed by atoms with van der Waals surface area (Å²) in [5, 5.41) is 2.85. The average molecular weight is 384 g/mol. The minimum atomic E-state index is -0.323. The quantitative estimate of drug-likeness (QED) is 0.826. The fourth-order valence-corrected chi connectivity index (χ4v) is 3.09. The number of benzene rings is 2. The van der Waals surface area contributed by atoms with E-state index in [-0.39, 0.29) is 31.1 Å². The lowest BCUT2D eigenvalue weighted by Gasteiger charge is -2.33. The second-order valence-corrected chi connectivity index (χ2v) is 6.52. The maximum atomic E-state index is 12.7. The summed E-state index contributed by atoms with van der Waals surface area (Å²) in [4.78, 5) is 26.6. The highest BCUT2D eigenvalue weighted by atomic mass is 16.5. The Morgan fingerprint density at radius 1 is 1.14 bits per heavy atom. The SMILES string of the molecule is COc1cccc(OC)c1C(=O)NCC1CN(c2ccc(C)cc2)C(=O)CO1. The molecule has 0 bridgehead atoms. The van der Waals surface area contributed by atoms with Crippen LogP contribution in [0.25, 0.3) is 0 Å². The van der Waals surface area contributed by atoms with Crippen molar-refractivity contribution in [1.82, 2.24) is 5.32 Å². The van der Waals surface area contributed by atoms with Crippen LogP contribution >= 0.6 is 0 Å². The zero-order chi connectivity index (χ0) is 20.1. The number of nitrogens with zero attached hydrogens (tertiary/aromatic N) is 1. The van der Waals surface area contributed by atoms with Gasteiger partial charge in [-0.05, 0) is 31.2 Å². The first kappa shape index (κ1) is 19.7. The fraction of sp³-hybridized carbons (Fsp3) is 0.333. The van der Waals surface area contributed by atoms with Crippen LogP contribution in [-0.2, 0) is 9.53 Å². The van der Waals surface area contributed by atoms with E-state index < -0.39 is 0 Å². The Kier molecular flexibility index (Phi) is 6.16. The summed E-state index contributed by atoms with van der Waals surface area (Å²) in [6.45, 7) is 2.60. The summed E-state index contributed by atoms with van der Waals surface area (Å²) in [5.74, 6) is 0.435. The molecule has 0 aromatic heterocycles. The van der Waals surface area contributed by atoms with E-state index in [1.54, 1.807) is 23.1 Å². The molecule has 1 atom stereocenters. The highest BCUT2D eigenvalue weighted by Crippen LogP contribution is 2.28. The van der Waals surface area contributed by atoms with E-state index in [4.69, 9.17) is 14.2 Å². The van der Waals surface area contributed by atoms with Crippen LogP contribution in [0.3, 0.4) is 0 Å². The van der Waals surface area contributed by atoms with Crippen molar-refractivity contribution in [3.8, 4) is 11.5 Å². The molecule has 7 nitrogen and oxygen atoms in total. The third kappa shape index (κ3) is 4.26. The van der Waals surface area contributed by atoms with Crippen molar-refractivity contribution >= 4 is 17.5 Å². The smallest absolute Gasteiger partial charge is 0.258 e. The molecule has 0 spiro atoms. The molecule has 28 heavy (non-hydrogen) atoms. The molecule has 1 N–H and O–H groups in total. The van der Waals surface area contributed by atoms with Gasteiger partial charge in [0.05, 0.1) is 26.9 Å². The zero-order valence-corrected chi connectivity index (χ0v) is 16.2. The molecule has 1 fully saturated rings. The second kappa shape index (κ2) is 8.75. The number of carbonyl (C=O) groups excluding carboxylic acids is 2. The highest BCUT2D eigenvalue weighted by molar-refractivity contribution is 6.00. The molecule has 1 aliphatic heterocycles. The maximum absolute atomic E-state index is 12.7. The molecule has 2 aromatic rings. The highest BCUT2D eigenvalue weighted by Gasteiger charge is 2.28. The summed E-state index contributed by atoms with van der Waals surface area (Å²) in [6.07, 6.45) is -0.316. The molecule has 2 amide bonds. The third-order valence-corrected chi connectivity index (χ3v) is 4.62. The van der Waals surface area contributed by atoms with Crippen molar-refractivity contribution in [1.29, 1.82) is 0 Å². The van der Waals surface area contributed by atoms with Gasteiger partial charge in [-0.25, -0.2) is 0 Å². The molecule has 0 radical (unpaired) electrons. The second-order valence-electron chi connectivity index (χ2n) is 6.52. The number of nitrogens with one attached hydrogen (secondary N) is 1. The lowest BCUT2D eigenvalue weighted by molar-refractivity contribution is -0.129. The van der Waals surface area contributed by atoms with Gasteiger partial charge < -0.3 is 24.4 Å². The van der Waals surface area contributed by atoms with Crippen molar-refractivity contribution in [2.45, 2.75) is 13.0 Å². The summed E-state index contributed by atoms with van der Waals surface area (Å²) < 4.78 is 16.1. The van der Waals surface area contributed by atoms with E-state index >= 15 is 0 Å². The van der Waals surface area contributed by atoms with Crippen molar-refractivity contribution in [3.05, 3.63) is 53.6 Å². The summed E-state index contributed by atoms with van der Waals surface area (Å²) >= 11 is 0. The van der Waals surface area contributed by atoms with Crippen molar-refractivity contribution in [3.63, 3.8) is 0 Å². The van der Waals surface area contributed by atoms with Crippen LogP contribution < -0.4 is 19.7 Å². The number of aryl methyl sites for hydroxylation is 1. The number of hydrogen-bond donors (Lipinski definition) is 1. The normalized spacial score (nSPS) is 16.6. The Balaban J connectivity index is 1.67. The Hall–Kier alpha value is -3.06. The molecule has 3 rings (SSSR count). The molecule has 148 valence electrons. The number of methoxy groups -OCH3 is 2. The number of ether oxygens (including phenoxy) is 3. The zero-order valence-electron chi connectivity index (χ0n) is 16.2. The monoisotopic (exact) mass is 384 g/mol. The van der Waals surface area contributed by atoms with Crippen LogP contribution in [0.15, 0.2) is 42.5 Å². The number of carbonyl (C=O) groups is 2. The van der Waals surface area contributed by atoms with Gasteiger partial charge in [-0.2, -0.15) is 0 Å². The largest absolute Gasteiger partial charge is 0.496 e. The first-order valence-corrected chi connectivity index (χ1v) is 9.01. The molecular formula is C21H24N2O5. The molecule has 0 saturated carbocycles. The van der Waals surface area contributed by atoms with Gasteiger partial charge in [0.1, 0.15) is 23.7 Å². The third-order valence-electron chi connectivity index (χ3n) is 4.62. The van der Waals surface area contributed by atoms with Gasteiger partial charge in [0.15, 0.2) is 0 Å². The topological polar surface area (TPSA) is 77.1 Å². The predicted molar refractivity (Wildman–Crippen MR) is 105 cm³/mol. The first-order chi connectivity index (χ1) is 13.5. The molecule has 2 aromatic carbocycles. The van der Waals surface area contributed by atoms with E-state index in [1.807, 2.05) is 31.2 Å². The molecule has 1 saturated heterocycles. The van der Waals surface area contributed by atoms with Crippen molar-refractivity contribution in [2.75, 3.05) is 38.8 Å². The fourth-order valence-electron chi connectivity index (χ4n) is 3.09. The van der Waals surface area contributed by atoms with E-state index in [1.165, 1.54) is 14.2 Å². The van der Waals surface area contributed by atoms with Crippen LogP contribution in [0, 0.1) is 6.92 Å². The van der Waals surface area contributed by atoms with Crippen LogP contribution in [0.2, 0.25) is 0 Å². The lowest BCUT2D eigenvalue weighted by Crippen LogP contribution is -2.50. The molecule has 7 heteroatoms. The number of anilines is 1. The van der Waals surface area contributed by atoms with Gasteiger partial charge in [0.2, 0.25) is 0 Å². The number of hydrogen-bond acceptors (Lipinski definition) is 5. The molecule has 0 aliphatic carbocycles. The average Bonchev–Trinajstić information content (AvgIpc) is 2.73. The van der Waals surface area contributed by atoms with Crippen LogP contribution in [0.5, 0.6) is 11.5 Å². The van der Waals surface area contributed by atoms with Crippen LogP contribution in [0.4, 0.5) is 5.69 Å². The minimum absolute atomic E-state index is 0.0214. The summed E-state index contributed by atoms with van der Waals surface area (Å²) in [6, 6.07) is 12.9. The van der Waals surface area contributed by atoms with Gasteiger partial charge in [0.25, 0.3) is 11.8 Å². The van der Waals surface area contributed by atoms with Crippen LogP contribution in [0.1, 0.15) is 15.9 Å². The number of rotatable bonds is 6. The first-order valence-electron chi connectivity index (χ1n) is 9.01. The summed E-state index contributed by atoms with van der Waals surface area (Å²) in [5.41, 5.74) is 2.27. The lowest BCUT2D eigenvalue weighted by atomic mass is 10.1. The molecule has 1 aliphatic rings. The van der Waals surface area contributed by atoms with E-state index in [0.717, 1.165) is 11.3 Å². The van der Waals surface area contributed by atoms with Gasteiger partial charge in [-0.15, -0.1) is 0 Å². The summed E-state index contributed by atoms with van der Waals surface area (Å²) in [7, 11) is 3.00. The Labute approximate surface area is 164 Å². The molecule has 1 unspecified atom stereocenters. The van der Waals surface area contributed by atoms with Gasteiger partial charge in [-0.3, -0.25) is 9.59 Å². The molecule has 1 heterocycles. The van der Waals surface area contributed by atoms with Crippen molar-refractivity contribution in [2.24, 2.45) is 0 Å². The molecular weight excluding hydrogens is 360 g/mol.